The maximum Gasteiger partial charge on any atom is 0.319 e. The van der Waals surface area contributed by atoms with Crippen molar-refractivity contribution in [3.05, 3.63) is 0 Å². The summed E-state index contributed by atoms with van der Waals surface area (Å²) < 4.78 is 5.36. The van der Waals surface area contributed by atoms with E-state index in [-0.39, 0.29) is 17.9 Å². The lowest BCUT2D eigenvalue weighted by Gasteiger charge is -2.26. The first-order valence-corrected chi connectivity index (χ1v) is 5.66. The molecule has 1 aliphatic carbocycles. The van der Waals surface area contributed by atoms with Gasteiger partial charge in [0.05, 0.1) is 0 Å². The highest BCUT2D eigenvalue weighted by Gasteiger charge is 2.36. The van der Waals surface area contributed by atoms with Crippen LogP contribution in [0.15, 0.2) is 0 Å². The second-order valence-corrected chi connectivity index (χ2v) is 4.85. The quantitative estimate of drug-likeness (QED) is 0.533. The Morgan fingerprint density at radius 3 is 2.13 bits per heavy atom. The van der Waals surface area contributed by atoms with Gasteiger partial charge in [-0.1, -0.05) is 6.42 Å². The molecule has 0 unspecified atom stereocenters. The van der Waals surface area contributed by atoms with Crippen molar-refractivity contribution in [2.45, 2.75) is 59.0 Å². The molecule has 0 spiro atoms. The minimum absolute atomic E-state index is 0.0323. The first-order chi connectivity index (χ1) is 6.94. The number of carbonyl (C=O) groups excluding carboxylic acids is 2. The van der Waals surface area contributed by atoms with Crippen LogP contribution in [0, 0.1) is 5.41 Å². The Kier molecular flexibility index (Phi) is 3.89. The van der Waals surface area contributed by atoms with E-state index in [1.807, 2.05) is 0 Å². The molecular formula is C12H20O3. The largest absolute Gasteiger partial charge is 0.462 e. The van der Waals surface area contributed by atoms with E-state index in [4.69, 9.17) is 4.74 Å². The second-order valence-electron chi connectivity index (χ2n) is 4.85. The number of hydrogen-bond donors (Lipinski definition) is 0. The summed E-state index contributed by atoms with van der Waals surface area (Å²) >= 11 is 0. The highest BCUT2D eigenvalue weighted by molar-refractivity contribution is 6.01. The van der Waals surface area contributed by atoms with Gasteiger partial charge in [0.1, 0.15) is 17.3 Å². The summed E-state index contributed by atoms with van der Waals surface area (Å²) in [4.78, 5) is 23.0. The molecule has 0 aromatic carbocycles. The zero-order chi connectivity index (χ0) is 11.5. The van der Waals surface area contributed by atoms with E-state index in [1.54, 1.807) is 13.8 Å². The van der Waals surface area contributed by atoms with E-state index in [0.29, 0.717) is 0 Å². The predicted octanol–water partition coefficient (Wildman–Crippen LogP) is 2.48. The minimum atomic E-state index is -0.989. The minimum Gasteiger partial charge on any atom is -0.462 e. The molecule has 3 nitrogen and oxygen atoms in total. The average Bonchev–Trinajstić information content (AvgIpc) is 2.18. The van der Waals surface area contributed by atoms with Gasteiger partial charge in [0.25, 0.3) is 0 Å². The molecule has 15 heavy (non-hydrogen) atoms. The fourth-order valence-corrected chi connectivity index (χ4v) is 1.63. The van der Waals surface area contributed by atoms with Crippen LogP contribution in [0.3, 0.4) is 0 Å². The number of hydrogen-bond acceptors (Lipinski definition) is 3. The number of ether oxygens (including phenoxy) is 1. The molecule has 1 rings (SSSR count). The third kappa shape index (κ3) is 3.05. The SMILES string of the molecule is CC(=O)C(C)(C)C(=O)OC1CCCCC1. The molecule has 0 bridgehead atoms. The number of ketones is 1. The number of carbonyl (C=O) groups is 2. The molecule has 0 heterocycles. The van der Waals surface area contributed by atoms with Crippen LogP contribution in [0.2, 0.25) is 0 Å². The Balaban J connectivity index is 2.50. The molecule has 0 saturated heterocycles. The fraction of sp³-hybridized carbons (Fsp3) is 0.833. The van der Waals surface area contributed by atoms with Crippen molar-refractivity contribution in [1.29, 1.82) is 0 Å². The Labute approximate surface area is 91.2 Å². The number of Topliss-reactive ketones (excluding diaryl/α,β-unsaturated/α-hetero) is 1. The van der Waals surface area contributed by atoms with Gasteiger partial charge in [-0.2, -0.15) is 0 Å². The summed E-state index contributed by atoms with van der Waals surface area (Å²) in [6.07, 6.45) is 5.39. The molecule has 0 atom stereocenters. The average molecular weight is 212 g/mol. The lowest BCUT2D eigenvalue weighted by Crippen LogP contribution is -2.36. The zero-order valence-electron chi connectivity index (χ0n) is 9.84. The van der Waals surface area contributed by atoms with Crippen molar-refractivity contribution in [3.8, 4) is 0 Å². The Morgan fingerprint density at radius 2 is 1.67 bits per heavy atom. The van der Waals surface area contributed by atoms with Crippen LogP contribution in [0.5, 0.6) is 0 Å². The van der Waals surface area contributed by atoms with Gasteiger partial charge in [-0.3, -0.25) is 9.59 Å². The molecule has 86 valence electrons. The Morgan fingerprint density at radius 1 is 1.13 bits per heavy atom. The van der Waals surface area contributed by atoms with Crippen LogP contribution >= 0.6 is 0 Å². The van der Waals surface area contributed by atoms with Gasteiger partial charge in [-0.25, -0.2) is 0 Å². The summed E-state index contributed by atoms with van der Waals surface area (Å²) in [7, 11) is 0. The Hall–Kier alpha value is -0.860. The lowest BCUT2D eigenvalue weighted by molar-refractivity contribution is -0.163. The summed E-state index contributed by atoms with van der Waals surface area (Å²) in [6, 6.07) is 0. The molecule has 0 amide bonds. The van der Waals surface area contributed by atoms with E-state index in [2.05, 4.69) is 0 Å². The summed E-state index contributed by atoms with van der Waals surface area (Å²) in [6.45, 7) is 4.68. The molecule has 1 saturated carbocycles. The van der Waals surface area contributed by atoms with Crippen LogP contribution < -0.4 is 0 Å². The van der Waals surface area contributed by atoms with E-state index in [1.165, 1.54) is 13.3 Å². The second kappa shape index (κ2) is 4.77. The summed E-state index contributed by atoms with van der Waals surface area (Å²) in [5, 5.41) is 0. The number of rotatable bonds is 3. The van der Waals surface area contributed by atoms with E-state index >= 15 is 0 Å². The number of esters is 1. The first kappa shape index (κ1) is 12.2. The lowest BCUT2D eigenvalue weighted by atomic mass is 9.89. The van der Waals surface area contributed by atoms with Crippen molar-refractivity contribution >= 4 is 11.8 Å². The van der Waals surface area contributed by atoms with Crippen molar-refractivity contribution in [2.75, 3.05) is 0 Å². The van der Waals surface area contributed by atoms with E-state index < -0.39 is 5.41 Å². The van der Waals surface area contributed by atoms with Crippen LogP contribution in [0.1, 0.15) is 52.9 Å². The molecular weight excluding hydrogens is 192 g/mol. The van der Waals surface area contributed by atoms with Crippen LogP contribution in [0.4, 0.5) is 0 Å². The van der Waals surface area contributed by atoms with E-state index in [9.17, 15) is 9.59 Å². The molecule has 1 aliphatic rings. The first-order valence-electron chi connectivity index (χ1n) is 5.66. The molecule has 0 aromatic rings. The van der Waals surface area contributed by atoms with Crippen LogP contribution in [0.25, 0.3) is 0 Å². The third-order valence-electron chi connectivity index (χ3n) is 3.22. The highest BCUT2D eigenvalue weighted by Crippen LogP contribution is 2.25. The van der Waals surface area contributed by atoms with Gasteiger partial charge >= 0.3 is 5.97 Å². The standard InChI is InChI=1S/C12H20O3/c1-9(13)12(2,3)11(14)15-10-7-5-4-6-8-10/h10H,4-8H2,1-3H3. The predicted molar refractivity (Wildman–Crippen MR) is 57.4 cm³/mol. The molecule has 1 fully saturated rings. The normalized spacial score (nSPS) is 18.6. The van der Waals surface area contributed by atoms with Crippen molar-refractivity contribution in [1.82, 2.24) is 0 Å². The Bertz CT molecular complexity index is 250. The topological polar surface area (TPSA) is 43.4 Å². The maximum atomic E-state index is 11.7. The van der Waals surface area contributed by atoms with Gasteiger partial charge < -0.3 is 4.74 Å². The smallest absolute Gasteiger partial charge is 0.319 e. The summed E-state index contributed by atoms with van der Waals surface area (Å²) in [5.74, 6) is -0.509. The van der Waals surface area contributed by atoms with Crippen LogP contribution in [-0.4, -0.2) is 17.9 Å². The van der Waals surface area contributed by atoms with Gasteiger partial charge in [-0.15, -0.1) is 0 Å². The van der Waals surface area contributed by atoms with Crippen LogP contribution in [-0.2, 0) is 14.3 Å². The maximum absolute atomic E-state index is 11.7. The molecule has 0 radical (unpaired) electrons. The van der Waals surface area contributed by atoms with Gasteiger partial charge in [0.2, 0.25) is 0 Å². The molecule has 0 N–H and O–H groups in total. The van der Waals surface area contributed by atoms with Crippen molar-refractivity contribution in [2.24, 2.45) is 5.41 Å². The monoisotopic (exact) mass is 212 g/mol. The zero-order valence-corrected chi connectivity index (χ0v) is 9.84. The van der Waals surface area contributed by atoms with Gasteiger partial charge in [0.15, 0.2) is 0 Å². The van der Waals surface area contributed by atoms with E-state index in [0.717, 1.165) is 25.7 Å². The van der Waals surface area contributed by atoms with Gasteiger partial charge in [-0.05, 0) is 46.5 Å². The van der Waals surface area contributed by atoms with Gasteiger partial charge in [0, 0.05) is 0 Å². The van der Waals surface area contributed by atoms with Crippen molar-refractivity contribution < 1.29 is 14.3 Å². The molecule has 3 heteroatoms. The molecule has 0 aromatic heterocycles. The third-order valence-corrected chi connectivity index (χ3v) is 3.22. The summed E-state index contributed by atoms with van der Waals surface area (Å²) in [5.41, 5.74) is -0.989. The van der Waals surface area contributed by atoms with Crippen molar-refractivity contribution in [3.63, 3.8) is 0 Å². The fourth-order valence-electron chi connectivity index (χ4n) is 1.63. The highest BCUT2D eigenvalue weighted by atomic mass is 16.5. The molecule has 0 aliphatic heterocycles.